The molecule has 1 atom stereocenters. The van der Waals surface area contributed by atoms with Crippen LogP contribution >= 0.6 is 17.1 Å². The maximum absolute atomic E-state index is 8.88. The molecule has 0 spiro atoms. The van der Waals surface area contributed by atoms with Gasteiger partial charge in [-0.2, -0.15) is 0 Å². The lowest BCUT2D eigenvalue weighted by atomic mass is 11.7. The number of hydrogen-bond donors (Lipinski definition) is 4. The van der Waals surface area contributed by atoms with E-state index in [1.54, 1.807) is 0 Å². The van der Waals surface area contributed by atoms with Crippen molar-refractivity contribution in [2.24, 2.45) is 0 Å². The number of phosphoric acid groups is 1. The minimum Gasteiger partial charge on any atom is -0.392 e. The summed E-state index contributed by atoms with van der Waals surface area (Å²) in [7, 11) is -2.50. The fourth-order valence-corrected chi connectivity index (χ4v) is 0. The number of rotatable bonds is 0. The van der Waals surface area contributed by atoms with E-state index >= 15 is 0 Å². The van der Waals surface area contributed by atoms with Crippen molar-refractivity contribution in [1.82, 2.24) is 0 Å². The van der Waals surface area contributed by atoms with Crippen LogP contribution in [0.15, 0.2) is 0 Å². The van der Waals surface area contributed by atoms with Crippen molar-refractivity contribution in [3.8, 4) is 0 Å². The zero-order chi connectivity index (χ0) is 7.21. The number of aliphatic hydroxyl groups is 1. The second kappa shape index (κ2) is 5.63. The third-order valence-corrected chi connectivity index (χ3v) is 0. The standard InChI is InChI=1S/CH5OP.H3O4P/c2-1-3;1-5(2,3)4/h2H,1,3H2;(H3,1,2,3,4). The largest absolute Gasteiger partial charge is 0.466 e. The molecular weight excluding hydrogens is 154 g/mol. The van der Waals surface area contributed by atoms with Crippen LogP contribution in [0.4, 0.5) is 0 Å². The molecule has 0 aromatic heterocycles. The zero-order valence-electron chi connectivity index (χ0n) is 3.93. The lowest BCUT2D eigenvalue weighted by Gasteiger charge is -1.82. The van der Waals surface area contributed by atoms with Gasteiger partial charge in [-0.1, -0.05) is 0 Å². The summed E-state index contributed by atoms with van der Waals surface area (Å²) in [5.41, 5.74) is 0. The van der Waals surface area contributed by atoms with Crippen LogP contribution in [0.2, 0.25) is 0 Å². The first-order chi connectivity index (χ1) is 3.41. The molecule has 0 saturated carbocycles. The van der Waals surface area contributed by atoms with Crippen molar-refractivity contribution in [3.05, 3.63) is 0 Å². The summed E-state index contributed by atoms with van der Waals surface area (Å²) >= 11 is 0. The minimum atomic E-state index is -4.64. The quantitative estimate of drug-likeness (QED) is 0.338. The Kier molecular flexibility index (Phi) is 7.97. The van der Waals surface area contributed by atoms with Crippen molar-refractivity contribution >= 4 is 17.1 Å². The molecule has 0 amide bonds. The molecule has 7 heteroatoms. The number of hydrogen-bond acceptors (Lipinski definition) is 2. The first-order valence-electron chi connectivity index (χ1n) is 1.51. The van der Waals surface area contributed by atoms with E-state index in [0.29, 0.717) is 0 Å². The van der Waals surface area contributed by atoms with Gasteiger partial charge in [-0.15, -0.1) is 9.24 Å². The second-order valence-corrected chi connectivity index (χ2v) is 2.09. The molecule has 0 rings (SSSR count). The average Bonchev–Trinajstić information content (AvgIpc) is 1.27. The van der Waals surface area contributed by atoms with E-state index in [2.05, 4.69) is 9.24 Å². The van der Waals surface area contributed by atoms with E-state index in [1.165, 1.54) is 0 Å². The van der Waals surface area contributed by atoms with Crippen LogP contribution in [0.3, 0.4) is 0 Å². The van der Waals surface area contributed by atoms with E-state index < -0.39 is 7.82 Å². The fraction of sp³-hybridized carbons (Fsp3) is 1.00. The Hall–Kier alpha value is 0.500. The van der Waals surface area contributed by atoms with Crippen molar-refractivity contribution in [1.29, 1.82) is 0 Å². The SMILES string of the molecule is O=P(O)(O)O.OCP. The number of aliphatic hydroxyl groups excluding tert-OH is 1. The van der Waals surface area contributed by atoms with Crippen LogP contribution < -0.4 is 0 Å². The van der Waals surface area contributed by atoms with E-state index in [4.69, 9.17) is 24.4 Å². The van der Waals surface area contributed by atoms with Crippen molar-refractivity contribution < 1.29 is 24.4 Å². The maximum atomic E-state index is 8.88. The van der Waals surface area contributed by atoms with Crippen LogP contribution in [-0.4, -0.2) is 26.1 Å². The van der Waals surface area contributed by atoms with Gasteiger partial charge in [0.2, 0.25) is 0 Å². The first kappa shape index (κ1) is 11.3. The normalized spacial score (nSPS) is 9.62. The van der Waals surface area contributed by atoms with Gasteiger partial charge in [-0.25, -0.2) is 4.57 Å². The van der Waals surface area contributed by atoms with Gasteiger partial charge in [0.25, 0.3) is 0 Å². The Morgan fingerprint density at radius 3 is 1.38 bits per heavy atom. The highest BCUT2D eigenvalue weighted by atomic mass is 31.2. The van der Waals surface area contributed by atoms with Gasteiger partial charge in [-0.05, 0) is 0 Å². The molecule has 0 radical (unpaired) electrons. The molecule has 0 aliphatic rings. The summed E-state index contributed by atoms with van der Waals surface area (Å²) in [6.45, 7) is 0. The highest BCUT2D eigenvalue weighted by Crippen LogP contribution is 2.25. The molecule has 4 N–H and O–H groups in total. The van der Waals surface area contributed by atoms with Crippen molar-refractivity contribution in [2.45, 2.75) is 0 Å². The lowest BCUT2D eigenvalue weighted by Crippen LogP contribution is -1.66. The molecule has 0 bridgehead atoms. The van der Waals surface area contributed by atoms with Gasteiger partial charge in [0.15, 0.2) is 0 Å². The zero-order valence-corrected chi connectivity index (χ0v) is 5.98. The first-order valence-corrected chi connectivity index (χ1v) is 3.89. The topological polar surface area (TPSA) is 98.0 Å². The Bertz CT molecular complexity index is 66.2. The summed E-state index contributed by atoms with van der Waals surface area (Å²) in [6, 6.07) is 0. The van der Waals surface area contributed by atoms with Gasteiger partial charge < -0.3 is 19.8 Å². The Labute approximate surface area is 48.8 Å². The van der Waals surface area contributed by atoms with Crippen LogP contribution in [-0.2, 0) is 4.57 Å². The van der Waals surface area contributed by atoms with Crippen LogP contribution in [0.25, 0.3) is 0 Å². The molecule has 8 heavy (non-hydrogen) atoms. The molecular formula is CH8O5P2. The van der Waals surface area contributed by atoms with Gasteiger partial charge in [0.1, 0.15) is 0 Å². The second-order valence-electron chi connectivity index (χ2n) is 0.696. The molecule has 0 fully saturated rings. The summed E-state index contributed by atoms with van der Waals surface area (Å²) in [6.07, 6.45) is 0.167. The van der Waals surface area contributed by atoms with E-state index in [1.807, 2.05) is 0 Å². The fourth-order valence-electron chi connectivity index (χ4n) is 0. The summed E-state index contributed by atoms with van der Waals surface area (Å²) in [5, 5.41) is 7.53. The Balaban J connectivity index is 0. The Morgan fingerprint density at radius 2 is 1.38 bits per heavy atom. The summed E-state index contributed by atoms with van der Waals surface area (Å²) < 4.78 is 8.88. The third-order valence-electron chi connectivity index (χ3n) is 0. The molecule has 1 unspecified atom stereocenters. The van der Waals surface area contributed by atoms with E-state index in [0.717, 1.165) is 0 Å². The van der Waals surface area contributed by atoms with Gasteiger partial charge in [0.05, 0.1) is 6.35 Å². The molecule has 0 aromatic rings. The molecule has 0 saturated heterocycles. The monoisotopic (exact) mass is 162 g/mol. The molecule has 0 aliphatic carbocycles. The smallest absolute Gasteiger partial charge is 0.392 e. The predicted octanol–water partition coefficient (Wildman–Crippen LogP) is -1.12. The van der Waals surface area contributed by atoms with Gasteiger partial charge in [-0.3, -0.25) is 0 Å². The lowest BCUT2D eigenvalue weighted by molar-refractivity contribution is 0.275. The molecule has 5 nitrogen and oxygen atoms in total. The van der Waals surface area contributed by atoms with E-state index in [9.17, 15) is 0 Å². The predicted molar refractivity (Wildman–Crippen MR) is 31.1 cm³/mol. The van der Waals surface area contributed by atoms with Crippen molar-refractivity contribution in [2.75, 3.05) is 6.35 Å². The highest BCUT2D eigenvalue weighted by Gasteiger charge is 2.00. The maximum Gasteiger partial charge on any atom is 0.466 e. The minimum absolute atomic E-state index is 0.167. The molecule has 52 valence electrons. The Morgan fingerprint density at radius 1 is 1.38 bits per heavy atom. The van der Waals surface area contributed by atoms with Crippen molar-refractivity contribution in [3.63, 3.8) is 0 Å². The van der Waals surface area contributed by atoms with Crippen LogP contribution in [0.1, 0.15) is 0 Å². The highest BCUT2D eigenvalue weighted by molar-refractivity contribution is 7.45. The van der Waals surface area contributed by atoms with Gasteiger partial charge in [0, 0.05) is 0 Å². The third kappa shape index (κ3) is 787. The molecule has 0 heterocycles. The molecule has 0 aromatic carbocycles. The average molecular weight is 162 g/mol. The van der Waals surface area contributed by atoms with Gasteiger partial charge >= 0.3 is 7.82 Å². The van der Waals surface area contributed by atoms with E-state index in [-0.39, 0.29) is 6.35 Å². The summed E-state index contributed by atoms with van der Waals surface area (Å²) in [5.74, 6) is 0. The van der Waals surface area contributed by atoms with Crippen LogP contribution in [0, 0.1) is 0 Å². The van der Waals surface area contributed by atoms with Crippen LogP contribution in [0.5, 0.6) is 0 Å². The summed E-state index contributed by atoms with van der Waals surface area (Å²) in [4.78, 5) is 21.6. The molecule has 0 aliphatic heterocycles.